The molecule has 0 amide bonds. The molecule has 5 nitrogen and oxygen atoms in total. The predicted molar refractivity (Wildman–Crippen MR) is 75.6 cm³/mol. The quantitative estimate of drug-likeness (QED) is 0.863. The lowest BCUT2D eigenvalue weighted by molar-refractivity contribution is 1.13. The van der Waals surface area contributed by atoms with Gasteiger partial charge in [-0.25, -0.2) is 4.98 Å². The summed E-state index contributed by atoms with van der Waals surface area (Å²) in [6.45, 7) is 0. The first kappa shape index (κ1) is 12.2. The van der Waals surface area contributed by atoms with Gasteiger partial charge in [-0.2, -0.15) is 0 Å². The van der Waals surface area contributed by atoms with E-state index in [2.05, 4.69) is 37.6 Å². The van der Waals surface area contributed by atoms with Crippen molar-refractivity contribution in [1.29, 1.82) is 0 Å². The zero-order valence-corrected chi connectivity index (χ0v) is 10.8. The molecule has 5 heteroatoms. The molecule has 0 fully saturated rings. The van der Waals surface area contributed by atoms with E-state index in [1.165, 1.54) is 0 Å². The summed E-state index contributed by atoms with van der Waals surface area (Å²) in [6, 6.07) is 8.13. The topological polar surface area (TPSA) is 53.1 Å². The van der Waals surface area contributed by atoms with Crippen LogP contribution in [0.5, 0.6) is 0 Å². The van der Waals surface area contributed by atoms with Gasteiger partial charge in [0.05, 0.1) is 12.4 Å². The third kappa shape index (κ3) is 2.88. The molecular weight excluding hydrogens is 226 g/mol. The number of hydrogen-bond acceptors (Lipinski definition) is 5. The smallest absolute Gasteiger partial charge is 0.151 e. The summed E-state index contributed by atoms with van der Waals surface area (Å²) in [4.78, 5) is 10.5. The van der Waals surface area contributed by atoms with Crippen LogP contribution in [0.3, 0.4) is 0 Å². The Morgan fingerprint density at radius 2 is 1.89 bits per heavy atom. The van der Waals surface area contributed by atoms with E-state index >= 15 is 0 Å². The molecule has 0 saturated heterocycles. The lowest BCUT2D eigenvalue weighted by Gasteiger charge is -2.14. The summed E-state index contributed by atoms with van der Waals surface area (Å²) in [6.07, 6.45) is 3.38. The zero-order chi connectivity index (χ0) is 13.0. The maximum atomic E-state index is 4.36. The average molecular weight is 243 g/mol. The van der Waals surface area contributed by atoms with Crippen molar-refractivity contribution < 1.29 is 0 Å². The number of benzene rings is 1. The van der Waals surface area contributed by atoms with Crippen LogP contribution in [0.25, 0.3) is 0 Å². The highest BCUT2D eigenvalue weighted by Crippen LogP contribution is 2.20. The fourth-order valence-electron chi connectivity index (χ4n) is 1.56. The van der Waals surface area contributed by atoms with Gasteiger partial charge < -0.3 is 15.5 Å². The van der Waals surface area contributed by atoms with E-state index in [0.717, 1.165) is 23.0 Å². The molecule has 0 saturated carbocycles. The van der Waals surface area contributed by atoms with Crippen LogP contribution < -0.4 is 15.5 Å². The molecule has 0 aliphatic rings. The van der Waals surface area contributed by atoms with E-state index in [9.17, 15) is 0 Å². The molecule has 0 aliphatic heterocycles. The summed E-state index contributed by atoms with van der Waals surface area (Å²) in [5.74, 6) is 1.46. The van der Waals surface area contributed by atoms with E-state index in [0.29, 0.717) is 0 Å². The number of aromatic nitrogens is 2. The minimum atomic E-state index is 0.720. The second-order valence-corrected chi connectivity index (χ2v) is 4.11. The average Bonchev–Trinajstić information content (AvgIpc) is 2.39. The number of nitrogens with zero attached hydrogens (tertiary/aromatic N) is 3. The summed E-state index contributed by atoms with van der Waals surface area (Å²) in [5.41, 5.74) is 2.13. The number of nitrogens with one attached hydrogen (secondary N) is 2. The van der Waals surface area contributed by atoms with Gasteiger partial charge in [0.25, 0.3) is 0 Å². The normalized spacial score (nSPS) is 9.94. The van der Waals surface area contributed by atoms with Crippen LogP contribution in [0.2, 0.25) is 0 Å². The fourth-order valence-corrected chi connectivity index (χ4v) is 1.56. The maximum Gasteiger partial charge on any atom is 0.151 e. The molecular formula is C13H17N5. The Morgan fingerprint density at radius 1 is 1.11 bits per heavy atom. The molecule has 1 aromatic carbocycles. The minimum absolute atomic E-state index is 0.720. The maximum absolute atomic E-state index is 4.36. The molecule has 0 radical (unpaired) electrons. The number of anilines is 4. The molecule has 0 bridgehead atoms. The fraction of sp³-hybridized carbons (Fsp3) is 0.231. The highest BCUT2D eigenvalue weighted by atomic mass is 15.1. The van der Waals surface area contributed by atoms with Gasteiger partial charge in [-0.1, -0.05) is 6.07 Å². The van der Waals surface area contributed by atoms with E-state index in [-0.39, 0.29) is 0 Å². The Bertz CT molecular complexity index is 524. The lowest BCUT2D eigenvalue weighted by atomic mass is 10.2. The van der Waals surface area contributed by atoms with Crippen molar-refractivity contribution in [2.75, 3.05) is 36.7 Å². The van der Waals surface area contributed by atoms with Crippen molar-refractivity contribution in [1.82, 2.24) is 9.97 Å². The first-order chi connectivity index (χ1) is 8.69. The van der Waals surface area contributed by atoms with Gasteiger partial charge in [0, 0.05) is 32.5 Å². The van der Waals surface area contributed by atoms with E-state index in [1.807, 2.05) is 33.3 Å². The number of hydrogen-bond donors (Lipinski definition) is 2. The van der Waals surface area contributed by atoms with Crippen LogP contribution in [0.1, 0.15) is 0 Å². The van der Waals surface area contributed by atoms with Gasteiger partial charge in [0.15, 0.2) is 5.82 Å². The van der Waals surface area contributed by atoms with Crippen molar-refractivity contribution >= 4 is 23.0 Å². The lowest BCUT2D eigenvalue weighted by Crippen LogP contribution is -2.08. The van der Waals surface area contributed by atoms with Crippen molar-refractivity contribution in [2.45, 2.75) is 0 Å². The van der Waals surface area contributed by atoms with Crippen LogP contribution in [-0.2, 0) is 0 Å². The summed E-state index contributed by atoms with van der Waals surface area (Å²) in [5, 5.41) is 6.19. The summed E-state index contributed by atoms with van der Waals surface area (Å²) >= 11 is 0. The summed E-state index contributed by atoms with van der Waals surface area (Å²) < 4.78 is 0. The Kier molecular flexibility index (Phi) is 3.62. The molecule has 0 unspecified atom stereocenters. The Labute approximate surface area is 107 Å². The van der Waals surface area contributed by atoms with Crippen LogP contribution in [0.4, 0.5) is 23.0 Å². The van der Waals surface area contributed by atoms with E-state index < -0.39 is 0 Å². The van der Waals surface area contributed by atoms with Gasteiger partial charge in [0.2, 0.25) is 0 Å². The van der Waals surface area contributed by atoms with Gasteiger partial charge in [0.1, 0.15) is 5.82 Å². The first-order valence-electron chi connectivity index (χ1n) is 5.73. The number of rotatable bonds is 4. The Morgan fingerprint density at radius 3 is 2.61 bits per heavy atom. The largest absolute Gasteiger partial charge is 0.378 e. The van der Waals surface area contributed by atoms with Crippen LogP contribution >= 0.6 is 0 Å². The minimum Gasteiger partial charge on any atom is -0.378 e. The molecule has 18 heavy (non-hydrogen) atoms. The van der Waals surface area contributed by atoms with Crippen LogP contribution in [0, 0.1) is 0 Å². The highest BCUT2D eigenvalue weighted by Gasteiger charge is 2.00. The van der Waals surface area contributed by atoms with E-state index in [1.54, 1.807) is 12.4 Å². The standard InChI is InChI=1S/C13H17N5/c1-14-12-8-15-9-13(17-12)16-10-5-4-6-11(7-10)18(2)3/h4-9H,1-3H3,(H2,14,16,17). The van der Waals surface area contributed by atoms with Gasteiger partial charge in [-0.15, -0.1) is 0 Å². The van der Waals surface area contributed by atoms with Gasteiger partial charge in [-0.05, 0) is 18.2 Å². The molecule has 94 valence electrons. The molecule has 2 rings (SSSR count). The molecule has 1 aromatic heterocycles. The van der Waals surface area contributed by atoms with Crippen molar-refractivity contribution in [3.63, 3.8) is 0 Å². The SMILES string of the molecule is CNc1cncc(Nc2cccc(N(C)C)c2)n1. The predicted octanol–water partition coefficient (Wildman–Crippen LogP) is 2.33. The Balaban J connectivity index is 2.20. The molecule has 2 aromatic rings. The first-order valence-corrected chi connectivity index (χ1v) is 5.73. The van der Waals surface area contributed by atoms with Gasteiger partial charge in [-0.3, -0.25) is 4.98 Å². The van der Waals surface area contributed by atoms with Gasteiger partial charge >= 0.3 is 0 Å². The highest BCUT2D eigenvalue weighted by molar-refractivity contribution is 5.63. The monoisotopic (exact) mass is 243 g/mol. The molecule has 0 aliphatic carbocycles. The zero-order valence-electron chi connectivity index (χ0n) is 10.8. The Hall–Kier alpha value is -2.30. The second kappa shape index (κ2) is 5.35. The van der Waals surface area contributed by atoms with Crippen molar-refractivity contribution in [2.24, 2.45) is 0 Å². The van der Waals surface area contributed by atoms with Crippen molar-refractivity contribution in [3.05, 3.63) is 36.7 Å². The molecule has 2 N–H and O–H groups in total. The third-order valence-electron chi connectivity index (χ3n) is 2.53. The third-order valence-corrected chi connectivity index (χ3v) is 2.53. The molecule has 1 heterocycles. The van der Waals surface area contributed by atoms with Crippen LogP contribution in [-0.4, -0.2) is 31.1 Å². The molecule has 0 spiro atoms. The van der Waals surface area contributed by atoms with E-state index in [4.69, 9.17) is 0 Å². The van der Waals surface area contributed by atoms with Crippen molar-refractivity contribution in [3.8, 4) is 0 Å². The second-order valence-electron chi connectivity index (χ2n) is 4.11. The van der Waals surface area contributed by atoms with Crippen LogP contribution in [0.15, 0.2) is 36.7 Å². The molecule has 0 atom stereocenters. The summed E-state index contributed by atoms with van der Waals surface area (Å²) in [7, 11) is 5.85.